The van der Waals surface area contributed by atoms with E-state index in [1.54, 1.807) is 11.3 Å². The third-order valence-electron chi connectivity index (χ3n) is 2.94. The van der Waals surface area contributed by atoms with Crippen molar-refractivity contribution in [2.24, 2.45) is 5.41 Å². The van der Waals surface area contributed by atoms with Gasteiger partial charge in [-0.25, -0.2) is 4.98 Å². The van der Waals surface area contributed by atoms with Crippen LogP contribution in [-0.2, 0) is 6.54 Å². The van der Waals surface area contributed by atoms with Crippen molar-refractivity contribution in [2.75, 3.05) is 7.05 Å². The van der Waals surface area contributed by atoms with Gasteiger partial charge in [-0.3, -0.25) is 5.32 Å². The van der Waals surface area contributed by atoms with Crippen molar-refractivity contribution in [3.8, 4) is 0 Å². The molecular weight excluding hydrogens is 218 g/mol. The summed E-state index contributed by atoms with van der Waals surface area (Å²) in [6.45, 7) is 7.66. The normalized spacial score (nSPS) is 14.0. The molecule has 1 aromatic heterocycles. The highest BCUT2D eigenvalue weighted by Gasteiger charge is 2.26. The summed E-state index contributed by atoms with van der Waals surface area (Å²) in [5, 5.41) is 8.97. The Kier molecular flexibility index (Phi) is 5.38. The van der Waals surface area contributed by atoms with Gasteiger partial charge in [-0.1, -0.05) is 27.2 Å². The van der Waals surface area contributed by atoms with Crippen LogP contribution in [0.3, 0.4) is 0 Å². The molecule has 3 nitrogen and oxygen atoms in total. The monoisotopic (exact) mass is 241 g/mol. The molecule has 1 aromatic rings. The molecule has 0 saturated carbocycles. The van der Waals surface area contributed by atoms with Crippen LogP contribution >= 0.6 is 11.3 Å². The fraction of sp³-hybridized carbons (Fsp3) is 0.750. The maximum atomic E-state index is 4.28. The molecule has 0 bridgehead atoms. The van der Waals surface area contributed by atoms with Crippen molar-refractivity contribution in [2.45, 2.75) is 46.3 Å². The average Bonchev–Trinajstić information content (AvgIpc) is 2.71. The highest BCUT2D eigenvalue weighted by molar-refractivity contribution is 7.07. The van der Waals surface area contributed by atoms with Crippen LogP contribution in [0.25, 0.3) is 0 Å². The summed E-state index contributed by atoms with van der Waals surface area (Å²) < 4.78 is 0. The van der Waals surface area contributed by atoms with Crippen LogP contribution in [0, 0.1) is 5.41 Å². The van der Waals surface area contributed by atoms with E-state index in [1.807, 2.05) is 12.6 Å². The Balaban J connectivity index is 2.48. The third kappa shape index (κ3) is 3.85. The summed E-state index contributed by atoms with van der Waals surface area (Å²) in [4.78, 5) is 4.28. The molecule has 1 atom stereocenters. The van der Waals surface area contributed by atoms with E-state index in [1.165, 1.54) is 12.8 Å². The molecule has 0 saturated heterocycles. The van der Waals surface area contributed by atoms with E-state index in [0.717, 1.165) is 12.2 Å². The van der Waals surface area contributed by atoms with Crippen LogP contribution in [0.1, 0.15) is 39.3 Å². The molecule has 1 unspecified atom stereocenters. The van der Waals surface area contributed by atoms with E-state index in [4.69, 9.17) is 0 Å². The van der Waals surface area contributed by atoms with Gasteiger partial charge in [0.25, 0.3) is 0 Å². The summed E-state index contributed by atoms with van der Waals surface area (Å²) in [5.41, 5.74) is 3.26. The Bertz CT molecular complexity index is 282. The smallest absolute Gasteiger partial charge is 0.0795 e. The topological polar surface area (TPSA) is 37.0 Å². The number of thiazole rings is 1. The van der Waals surface area contributed by atoms with E-state index in [2.05, 4.69) is 41.8 Å². The first-order chi connectivity index (χ1) is 7.60. The second-order valence-corrected chi connectivity index (χ2v) is 5.54. The molecule has 0 aromatic carbocycles. The van der Waals surface area contributed by atoms with Gasteiger partial charge in [-0.05, 0) is 18.9 Å². The van der Waals surface area contributed by atoms with Gasteiger partial charge in [0.1, 0.15) is 0 Å². The Morgan fingerprint density at radius 3 is 2.75 bits per heavy atom. The van der Waals surface area contributed by atoms with Gasteiger partial charge in [0.15, 0.2) is 0 Å². The van der Waals surface area contributed by atoms with Crippen LogP contribution in [-0.4, -0.2) is 18.2 Å². The summed E-state index contributed by atoms with van der Waals surface area (Å²) >= 11 is 1.65. The zero-order chi connectivity index (χ0) is 12.0. The largest absolute Gasteiger partial charge is 0.305 e. The average molecular weight is 241 g/mol. The molecule has 0 radical (unpaired) electrons. The molecule has 1 heterocycles. The van der Waals surface area contributed by atoms with Crippen LogP contribution in [0.4, 0.5) is 0 Å². The van der Waals surface area contributed by atoms with Gasteiger partial charge in [-0.15, -0.1) is 11.3 Å². The third-order valence-corrected chi connectivity index (χ3v) is 3.57. The number of aromatic nitrogens is 1. The van der Waals surface area contributed by atoms with E-state index in [-0.39, 0.29) is 5.41 Å². The summed E-state index contributed by atoms with van der Waals surface area (Å²) in [6, 6.07) is 0. The van der Waals surface area contributed by atoms with E-state index in [0.29, 0.717) is 6.17 Å². The second-order valence-electron chi connectivity index (χ2n) is 4.82. The molecule has 0 aliphatic carbocycles. The highest BCUT2D eigenvalue weighted by Crippen LogP contribution is 2.25. The molecule has 0 aliphatic heterocycles. The number of nitrogens with one attached hydrogen (secondary N) is 2. The predicted molar refractivity (Wildman–Crippen MR) is 70.5 cm³/mol. The second kappa shape index (κ2) is 6.33. The van der Waals surface area contributed by atoms with Crippen molar-refractivity contribution in [1.29, 1.82) is 0 Å². The lowest BCUT2D eigenvalue weighted by molar-refractivity contribution is 0.193. The standard InChI is InChI=1S/C12H23N3S/c1-5-6-12(2,3)11(13-4)14-7-10-8-16-9-15-10/h8-9,11,13-14H,5-7H2,1-4H3. The maximum absolute atomic E-state index is 4.28. The van der Waals surface area contributed by atoms with Gasteiger partial charge >= 0.3 is 0 Å². The molecule has 2 N–H and O–H groups in total. The fourth-order valence-corrected chi connectivity index (χ4v) is 2.65. The van der Waals surface area contributed by atoms with E-state index < -0.39 is 0 Å². The van der Waals surface area contributed by atoms with Crippen LogP contribution < -0.4 is 10.6 Å². The van der Waals surface area contributed by atoms with Crippen LogP contribution in [0.15, 0.2) is 10.9 Å². The molecule has 92 valence electrons. The predicted octanol–water partition coefficient (Wildman–Crippen LogP) is 2.60. The van der Waals surface area contributed by atoms with Crippen LogP contribution in [0.2, 0.25) is 0 Å². The minimum absolute atomic E-state index is 0.263. The summed E-state index contributed by atoms with van der Waals surface area (Å²) in [7, 11) is 2.01. The lowest BCUT2D eigenvalue weighted by atomic mass is 9.84. The zero-order valence-corrected chi connectivity index (χ0v) is 11.5. The minimum atomic E-state index is 0.263. The first kappa shape index (κ1) is 13.6. The quantitative estimate of drug-likeness (QED) is 0.721. The molecule has 0 amide bonds. The SMILES string of the molecule is CCCC(C)(C)C(NC)NCc1cscn1. The Morgan fingerprint density at radius 2 is 2.25 bits per heavy atom. The lowest BCUT2D eigenvalue weighted by Gasteiger charge is -2.34. The lowest BCUT2D eigenvalue weighted by Crippen LogP contribution is -2.50. The van der Waals surface area contributed by atoms with Crippen molar-refractivity contribution in [1.82, 2.24) is 15.6 Å². The van der Waals surface area contributed by atoms with Gasteiger partial charge in [0.2, 0.25) is 0 Å². The molecule has 16 heavy (non-hydrogen) atoms. The fourth-order valence-electron chi connectivity index (χ4n) is 2.09. The van der Waals surface area contributed by atoms with Gasteiger partial charge in [0.05, 0.1) is 17.4 Å². The summed E-state index contributed by atoms with van der Waals surface area (Å²) in [6.07, 6.45) is 2.75. The molecule has 1 rings (SSSR count). The van der Waals surface area contributed by atoms with Crippen molar-refractivity contribution in [3.63, 3.8) is 0 Å². The number of hydrogen-bond acceptors (Lipinski definition) is 4. The molecule has 0 aliphatic rings. The van der Waals surface area contributed by atoms with Crippen molar-refractivity contribution < 1.29 is 0 Å². The van der Waals surface area contributed by atoms with E-state index >= 15 is 0 Å². The van der Waals surface area contributed by atoms with Gasteiger partial charge < -0.3 is 5.32 Å². The molecule has 4 heteroatoms. The summed E-state index contributed by atoms with van der Waals surface area (Å²) in [5.74, 6) is 0. The number of rotatable bonds is 7. The number of nitrogens with zero attached hydrogens (tertiary/aromatic N) is 1. The van der Waals surface area contributed by atoms with Crippen molar-refractivity contribution >= 4 is 11.3 Å². The maximum Gasteiger partial charge on any atom is 0.0795 e. The van der Waals surface area contributed by atoms with Crippen molar-refractivity contribution in [3.05, 3.63) is 16.6 Å². The molecule has 0 fully saturated rings. The Hall–Kier alpha value is -0.450. The first-order valence-electron chi connectivity index (χ1n) is 5.88. The number of hydrogen-bond donors (Lipinski definition) is 2. The zero-order valence-electron chi connectivity index (χ0n) is 10.7. The highest BCUT2D eigenvalue weighted by atomic mass is 32.1. The van der Waals surface area contributed by atoms with Gasteiger partial charge in [0, 0.05) is 11.9 Å². The first-order valence-corrected chi connectivity index (χ1v) is 6.82. The van der Waals surface area contributed by atoms with E-state index in [9.17, 15) is 0 Å². The molecular formula is C12H23N3S. The Morgan fingerprint density at radius 1 is 1.50 bits per heavy atom. The Labute approximate surface area is 103 Å². The van der Waals surface area contributed by atoms with Gasteiger partial charge in [-0.2, -0.15) is 0 Å². The molecule has 0 spiro atoms. The minimum Gasteiger partial charge on any atom is -0.305 e. The van der Waals surface area contributed by atoms with Crippen LogP contribution in [0.5, 0.6) is 0 Å².